The van der Waals surface area contributed by atoms with Crippen LogP contribution in [-0.2, 0) is 6.54 Å². The zero-order valence-corrected chi connectivity index (χ0v) is 17.3. The van der Waals surface area contributed by atoms with E-state index >= 15 is 0 Å². The van der Waals surface area contributed by atoms with E-state index in [1.165, 1.54) is 18.4 Å². The van der Waals surface area contributed by atoms with Gasteiger partial charge in [-0.05, 0) is 54.4 Å². The van der Waals surface area contributed by atoms with Crippen LogP contribution in [0.4, 0.5) is 0 Å². The molecule has 2 heterocycles. The molecule has 0 bridgehead atoms. The summed E-state index contributed by atoms with van der Waals surface area (Å²) in [5.41, 5.74) is 1.79. The van der Waals surface area contributed by atoms with E-state index < -0.39 is 11.8 Å². The van der Waals surface area contributed by atoms with Gasteiger partial charge >= 0.3 is 0 Å². The van der Waals surface area contributed by atoms with Crippen molar-refractivity contribution in [3.05, 3.63) is 88.9 Å². The van der Waals surface area contributed by atoms with Crippen LogP contribution in [0.15, 0.2) is 65.3 Å². The van der Waals surface area contributed by atoms with Crippen LogP contribution >= 0.6 is 0 Å². The molecule has 1 atom stereocenters. The largest absolute Gasteiger partial charge is 0.497 e. The number of carbonyl (C=O) groups excluding carboxylic acids is 3. The van der Waals surface area contributed by atoms with E-state index in [1.54, 1.807) is 25.3 Å². The van der Waals surface area contributed by atoms with Crippen LogP contribution in [0, 0.1) is 0 Å². The molecule has 0 saturated carbocycles. The lowest BCUT2D eigenvalue weighted by molar-refractivity contribution is 0.0631. The first-order valence-electron chi connectivity index (χ1n) is 9.99. The summed E-state index contributed by atoms with van der Waals surface area (Å²) < 4.78 is 10.4. The Hall–Kier alpha value is -3.87. The van der Waals surface area contributed by atoms with E-state index in [1.807, 2.05) is 31.2 Å². The number of nitrogens with one attached hydrogen (secondary N) is 1. The molecule has 0 aliphatic carbocycles. The van der Waals surface area contributed by atoms with Gasteiger partial charge in [0.1, 0.15) is 11.5 Å². The Morgan fingerprint density at radius 3 is 2.45 bits per heavy atom. The molecule has 7 heteroatoms. The highest BCUT2D eigenvalue weighted by Crippen LogP contribution is 2.26. The molecule has 2 aromatic carbocycles. The zero-order chi connectivity index (χ0) is 22.0. The molecule has 4 rings (SSSR count). The van der Waals surface area contributed by atoms with Gasteiger partial charge in [-0.3, -0.25) is 19.3 Å². The molecule has 1 aromatic heterocycles. The van der Waals surface area contributed by atoms with Gasteiger partial charge in [0.15, 0.2) is 0 Å². The van der Waals surface area contributed by atoms with Crippen molar-refractivity contribution < 1.29 is 23.5 Å². The summed E-state index contributed by atoms with van der Waals surface area (Å²) in [6.07, 6.45) is 2.18. The number of imide groups is 1. The molecule has 0 fully saturated rings. The molecule has 1 N–H and O–H groups in total. The fraction of sp³-hybridized carbons (Fsp3) is 0.208. The highest BCUT2D eigenvalue weighted by Gasteiger charge is 2.36. The molecular formula is C24H22N2O5. The minimum atomic E-state index is -0.437. The maximum Gasteiger partial charge on any atom is 0.261 e. The van der Waals surface area contributed by atoms with Crippen LogP contribution in [0.25, 0.3) is 0 Å². The normalized spacial score (nSPS) is 13.8. The van der Waals surface area contributed by atoms with E-state index in [-0.39, 0.29) is 29.6 Å². The third-order valence-electron chi connectivity index (χ3n) is 5.36. The van der Waals surface area contributed by atoms with Crippen LogP contribution in [0.2, 0.25) is 0 Å². The average Bonchev–Trinajstić information content (AvgIpc) is 3.40. The molecule has 158 valence electrons. The quantitative estimate of drug-likeness (QED) is 0.587. The van der Waals surface area contributed by atoms with Gasteiger partial charge in [-0.25, -0.2) is 0 Å². The van der Waals surface area contributed by atoms with Crippen molar-refractivity contribution in [3.8, 4) is 5.75 Å². The van der Waals surface area contributed by atoms with Crippen molar-refractivity contribution in [1.82, 2.24) is 10.2 Å². The van der Waals surface area contributed by atoms with E-state index in [0.29, 0.717) is 17.7 Å². The van der Waals surface area contributed by atoms with Gasteiger partial charge in [0.05, 0.1) is 37.1 Å². The van der Waals surface area contributed by atoms with E-state index in [9.17, 15) is 14.4 Å². The second-order valence-corrected chi connectivity index (χ2v) is 7.24. The first-order valence-corrected chi connectivity index (χ1v) is 9.99. The smallest absolute Gasteiger partial charge is 0.261 e. The van der Waals surface area contributed by atoms with Gasteiger partial charge in [-0.15, -0.1) is 0 Å². The lowest BCUT2D eigenvalue weighted by Crippen LogP contribution is -2.29. The lowest BCUT2D eigenvalue weighted by Gasteiger charge is -2.18. The number of benzene rings is 2. The van der Waals surface area contributed by atoms with Crippen LogP contribution in [0.5, 0.6) is 5.75 Å². The van der Waals surface area contributed by atoms with Crippen LogP contribution in [-0.4, -0.2) is 29.7 Å². The number of hydrogen-bond donors (Lipinski definition) is 1. The Morgan fingerprint density at radius 1 is 1.06 bits per heavy atom. The molecule has 3 aromatic rings. The topological polar surface area (TPSA) is 88.9 Å². The van der Waals surface area contributed by atoms with E-state index in [2.05, 4.69) is 5.32 Å². The van der Waals surface area contributed by atoms with Crippen LogP contribution < -0.4 is 10.1 Å². The third kappa shape index (κ3) is 3.94. The Balaban J connectivity index is 1.52. The molecule has 1 unspecified atom stereocenters. The average molecular weight is 418 g/mol. The Bertz CT molecular complexity index is 1120. The highest BCUT2D eigenvalue weighted by atomic mass is 16.5. The number of carbonyl (C=O) groups is 3. The lowest BCUT2D eigenvalue weighted by atomic mass is 10.0. The summed E-state index contributed by atoms with van der Waals surface area (Å²) in [5.74, 6) is 0.111. The monoisotopic (exact) mass is 418 g/mol. The van der Waals surface area contributed by atoms with Gasteiger partial charge in [0, 0.05) is 5.56 Å². The molecule has 3 amide bonds. The standard InChI is InChI=1S/C24H22N2O5/c1-3-21(15-6-9-17(30-2)10-7-15)25-22(27)16-8-11-19-20(13-16)24(29)26(23(19)28)14-18-5-4-12-31-18/h4-13,21H,3,14H2,1-2H3,(H,25,27). The number of furan rings is 1. The number of ether oxygens (including phenoxy) is 1. The molecule has 31 heavy (non-hydrogen) atoms. The minimum absolute atomic E-state index is 0.0518. The second kappa shape index (κ2) is 8.47. The van der Waals surface area contributed by atoms with Crippen molar-refractivity contribution in [2.75, 3.05) is 7.11 Å². The first kappa shape index (κ1) is 20.4. The molecule has 7 nitrogen and oxygen atoms in total. The van der Waals surface area contributed by atoms with Gasteiger partial charge in [0.2, 0.25) is 0 Å². The van der Waals surface area contributed by atoms with E-state index in [4.69, 9.17) is 9.15 Å². The molecule has 0 saturated heterocycles. The molecule has 0 radical (unpaired) electrons. The summed E-state index contributed by atoms with van der Waals surface area (Å²) in [7, 11) is 1.60. The highest BCUT2D eigenvalue weighted by molar-refractivity contribution is 6.22. The maximum absolute atomic E-state index is 12.9. The third-order valence-corrected chi connectivity index (χ3v) is 5.36. The molecule has 0 spiro atoms. The molecule has 1 aliphatic heterocycles. The maximum atomic E-state index is 12.9. The number of nitrogens with zero attached hydrogens (tertiary/aromatic N) is 1. The summed E-state index contributed by atoms with van der Waals surface area (Å²) in [6, 6.07) is 15.3. The Morgan fingerprint density at radius 2 is 1.81 bits per heavy atom. The predicted molar refractivity (Wildman–Crippen MR) is 113 cm³/mol. The number of fused-ring (bicyclic) bond motifs is 1. The second-order valence-electron chi connectivity index (χ2n) is 7.24. The molecule has 1 aliphatic rings. The summed E-state index contributed by atoms with van der Waals surface area (Å²) in [6.45, 7) is 2.03. The van der Waals surface area contributed by atoms with Gasteiger partial charge in [-0.2, -0.15) is 0 Å². The number of amides is 3. The number of rotatable bonds is 7. The first-order chi connectivity index (χ1) is 15.0. The van der Waals surface area contributed by atoms with E-state index in [0.717, 1.165) is 16.2 Å². The number of hydrogen-bond acceptors (Lipinski definition) is 5. The van der Waals surface area contributed by atoms with Crippen molar-refractivity contribution in [2.24, 2.45) is 0 Å². The SMILES string of the molecule is CCC(NC(=O)c1ccc2c(c1)C(=O)N(Cc1ccco1)C2=O)c1ccc(OC)cc1. The van der Waals surface area contributed by atoms with Crippen molar-refractivity contribution in [1.29, 1.82) is 0 Å². The minimum Gasteiger partial charge on any atom is -0.497 e. The Kier molecular flexibility index (Phi) is 5.58. The fourth-order valence-corrected chi connectivity index (χ4v) is 3.63. The van der Waals surface area contributed by atoms with Crippen LogP contribution in [0.1, 0.15) is 61.8 Å². The van der Waals surface area contributed by atoms with Crippen LogP contribution in [0.3, 0.4) is 0 Å². The van der Waals surface area contributed by atoms with Crippen molar-refractivity contribution in [3.63, 3.8) is 0 Å². The Labute approximate surface area is 179 Å². The molecular weight excluding hydrogens is 396 g/mol. The zero-order valence-electron chi connectivity index (χ0n) is 17.3. The number of methoxy groups -OCH3 is 1. The predicted octanol–water partition coefficient (Wildman–Crippen LogP) is 3.97. The van der Waals surface area contributed by atoms with Crippen molar-refractivity contribution in [2.45, 2.75) is 25.9 Å². The summed E-state index contributed by atoms with van der Waals surface area (Å²) in [5, 5.41) is 3.00. The van der Waals surface area contributed by atoms with Gasteiger partial charge in [-0.1, -0.05) is 19.1 Å². The summed E-state index contributed by atoms with van der Waals surface area (Å²) >= 11 is 0. The summed E-state index contributed by atoms with van der Waals surface area (Å²) in [4.78, 5) is 39.4. The van der Waals surface area contributed by atoms with Crippen molar-refractivity contribution >= 4 is 17.7 Å². The van der Waals surface area contributed by atoms with Gasteiger partial charge < -0.3 is 14.5 Å². The van der Waals surface area contributed by atoms with Gasteiger partial charge in [0.25, 0.3) is 17.7 Å². The fourth-order valence-electron chi connectivity index (χ4n) is 3.63.